The van der Waals surface area contributed by atoms with Gasteiger partial charge >= 0.3 is 0 Å². The van der Waals surface area contributed by atoms with Gasteiger partial charge in [0.25, 0.3) is 0 Å². The van der Waals surface area contributed by atoms with Gasteiger partial charge in [-0.3, -0.25) is 4.79 Å². The first-order valence-electron chi connectivity index (χ1n) is 8.44. The Labute approximate surface area is 132 Å². The summed E-state index contributed by atoms with van der Waals surface area (Å²) in [6.07, 6.45) is 6.95. The number of carbonyl (C=O) groups excluding carboxylic acids is 1. The first-order chi connectivity index (χ1) is 10.2. The zero-order valence-corrected chi connectivity index (χ0v) is 13.9. The summed E-state index contributed by atoms with van der Waals surface area (Å²) >= 11 is 1.98. The lowest BCUT2D eigenvalue weighted by molar-refractivity contribution is -0.142. The van der Waals surface area contributed by atoms with Crippen LogP contribution in [0.15, 0.2) is 0 Å². The molecule has 0 radical (unpaired) electrons. The molecule has 1 amide bonds. The van der Waals surface area contributed by atoms with Crippen LogP contribution in [0.5, 0.6) is 0 Å². The molecule has 0 spiro atoms. The molecular weight excluding hydrogens is 284 g/mol. The number of ether oxygens (including phenoxy) is 1. The van der Waals surface area contributed by atoms with Crippen molar-refractivity contribution >= 4 is 17.7 Å². The van der Waals surface area contributed by atoms with E-state index in [-0.39, 0.29) is 11.6 Å². The number of hydrogen-bond donors (Lipinski definition) is 1. The number of rotatable bonds is 4. The van der Waals surface area contributed by atoms with Gasteiger partial charge in [-0.2, -0.15) is 11.8 Å². The molecule has 5 heteroatoms. The van der Waals surface area contributed by atoms with Gasteiger partial charge in [-0.25, -0.2) is 0 Å². The van der Waals surface area contributed by atoms with Crippen molar-refractivity contribution in [1.29, 1.82) is 0 Å². The van der Waals surface area contributed by atoms with Gasteiger partial charge in [-0.1, -0.05) is 0 Å². The van der Waals surface area contributed by atoms with E-state index < -0.39 is 0 Å². The van der Waals surface area contributed by atoms with Crippen molar-refractivity contribution in [2.24, 2.45) is 0 Å². The van der Waals surface area contributed by atoms with Gasteiger partial charge in [0.2, 0.25) is 5.91 Å². The Morgan fingerprint density at radius 3 is 2.90 bits per heavy atom. The van der Waals surface area contributed by atoms with E-state index in [0.29, 0.717) is 11.9 Å². The van der Waals surface area contributed by atoms with E-state index in [4.69, 9.17) is 4.74 Å². The van der Waals surface area contributed by atoms with Gasteiger partial charge < -0.3 is 15.0 Å². The average molecular weight is 312 g/mol. The Hall–Kier alpha value is -0.260. The maximum absolute atomic E-state index is 13.2. The maximum Gasteiger partial charge on any atom is 0.242 e. The molecule has 3 atom stereocenters. The van der Waals surface area contributed by atoms with Gasteiger partial charge in [0.15, 0.2) is 0 Å². The van der Waals surface area contributed by atoms with Crippen molar-refractivity contribution in [3.8, 4) is 0 Å². The van der Waals surface area contributed by atoms with Gasteiger partial charge in [-0.05, 0) is 57.7 Å². The molecule has 21 heavy (non-hydrogen) atoms. The third-order valence-electron chi connectivity index (χ3n) is 5.12. The summed E-state index contributed by atoms with van der Waals surface area (Å²) in [5.74, 6) is 2.59. The van der Waals surface area contributed by atoms with Crippen LogP contribution in [0.25, 0.3) is 0 Å². The number of piperidine rings is 1. The Kier molecular flexibility index (Phi) is 5.12. The predicted molar refractivity (Wildman–Crippen MR) is 86.7 cm³/mol. The van der Waals surface area contributed by atoms with Crippen molar-refractivity contribution < 1.29 is 9.53 Å². The van der Waals surface area contributed by atoms with Gasteiger partial charge in [0.05, 0.1) is 11.6 Å². The normalized spacial score (nSPS) is 36.8. The molecule has 0 aromatic heterocycles. The second kappa shape index (κ2) is 6.88. The zero-order chi connectivity index (χ0) is 14.7. The quantitative estimate of drug-likeness (QED) is 0.862. The molecule has 0 saturated carbocycles. The maximum atomic E-state index is 13.2. The van der Waals surface area contributed by atoms with Crippen LogP contribution in [-0.2, 0) is 9.53 Å². The Bertz CT molecular complexity index is 359. The molecule has 0 aromatic rings. The number of amides is 1. The van der Waals surface area contributed by atoms with Crippen LogP contribution in [0, 0.1) is 0 Å². The SMILES string of the molecule is CC1(C(=O)N(CC2CCCO2)C2CCSC2)CCCCN1. The van der Waals surface area contributed by atoms with Gasteiger partial charge in [-0.15, -0.1) is 0 Å². The third kappa shape index (κ3) is 3.57. The van der Waals surface area contributed by atoms with Crippen LogP contribution in [0.2, 0.25) is 0 Å². The standard InChI is InChI=1S/C16H28N2O2S/c1-16(7-2-3-8-17-16)15(19)18(13-6-10-21-12-13)11-14-5-4-9-20-14/h13-14,17H,2-12H2,1H3. The minimum absolute atomic E-state index is 0.256. The summed E-state index contributed by atoms with van der Waals surface area (Å²) < 4.78 is 5.79. The van der Waals surface area contributed by atoms with Crippen LogP contribution < -0.4 is 5.32 Å². The van der Waals surface area contributed by atoms with E-state index in [9.17, 15) is 4.79 Å². The first-order valence-corrected chi connectivity index (χ1v) is 9.60. The molecule has 0 bridgehead atoms. The fourth-order valence-corrected chi connectivity index (χ4v) is 4.95. The summed E-state index contributed by atoms with van der Waals surface area (Å²) in [6, 6.07) is 0.409. The summed E-state index contributed by atoms with van der Waals surface area (Å²) in [5.41, 5.74) is -0.357. The van der Waals surface area contributed by atoms with Gasteiger partial charge in [0.1, 0.15) is 0 Å². The molecule has 0 aliphatic carbocycles. The molecule has 3 saturated heterocycles. The largest absolute Gasteiger partial charge is 0.376 e. The highest BCUT2D eigenvalue weighted by molar-refractivity contribution is 7.99. The first kappa shape index (κ1) is 15.6. The molecule has 3 unspecified atom stereocenters. The number of thioether (sulfide) groups is 1. The second-order valence-corrected chi connectivity index (χ2v) is 7.98. The van der Waals surface area contributed by atoms with Crippen molar-refractivity contribution in [2.75, 3.05) is 31.2 Å². The van der Waals surface area contributed by atoms with Crippen LogP contribution >= 0.6 is 11.8 Å². The monoisotopic (exact) mass is 312 g/mol. The molecule has 3 aliphatic rings. The molecular formula is C16H28N2O2S. The highest BCUT2D eigenvalue weighted by Gasteiger charge is 2.41. The van der Waals surface area contributed by atoms with E-state index in [2.05, 4.69) is 17.1 Å². The van der Waals surface area contributed by atoms with Crippen LogP contribution in [0.3, 0.4) is 0 Å². The summed E-state index contributed by atoms with van der Waals surface area (Å²) in [4.78, 5) is 15.4. The highest BCUT2D eigenvalue weighted by atomic mass is 32.2. The third-order valence-corrected chi connectivity index (χ3v) is 6.27. The fraction of sp³-hybridized carbons (Fsp3) is 0.938. The van der Waals surface area contributed by atoms with E-state index in [0.717, 1.165) is 57.6 Å². The summed E-state index contributed by atoms with van der Waals surface area (Å²) in [6.45, 7) is 4.72. The zero-order valence-electron chi connectivity index (χ0n) is 13.1. The molecule has 3 fully saturated rings. The molecule has 3 rings (SSSR count). The number of hydrogen-bond acceptors (Lipinski definition) is 4. The lowest BCUT2D eigenvalue weighted by Gasteiger charge is -2.41. The summed E-state index contributed by atoms with van der Waals surface area (Å²) in [7, 11) is 0. The molecule has 3 heterocycles. The minimum atomic E-state index is -0.357. The van der Waals surface area contributed by atoms with Crippen molar-refractivity contribution in [1.82, 2.24) is 10.2 Å². The smallest absolute Gasteiger partial charge is 0.242 e. The van der Waals surface area contributed by atoms with Gasteiger partial charge in [0, 0.05) is 24.9 Å². The molecule has 120 valence electrons. The van der Waals surface area contributed by atoms with E-state index in [1.54, 1.807) is 0 Å². The fourth-order valence-electron chi connectivity index (χ4n) is 3.73. The van der Waals surface area contributed by atoms with E-state index in [1.165, 1.54) is 12.2 Å². The molecule has 4 nitrogen and oxygen atoms in total. The lowest BCUT2D eigenvalue weighted by Crippen LogP contribution is -2.61. The van der Waals surface area contributed by atoms with Crippen LogP contribution in [0.4, 0.5) is 0 Å². The predicted octanol–water partition coefficient (Wildman–Crippen LogP) is 2.03. The van der Waals surface area contributed by atoms with Crippen LogP contribution in [0.1, 0.15) is 45.4 Å². The van der Waals surface area contributed by atoms with Crippen LogP contribution in [-0.4, -0.2) is 59.7 Å². The van der Waals surface area contributed by atoms with Crippen molar-refractivity contribution in [3.05, 3.63) is 0 Å². The number of nitrogens with zero attached hydrogens (tertiary/aromatic N) is 1. The molecule has 3 aliphatic heterocycles. The Morgan fingerprint density at radius 1 is 1.38 bits per heavy atom. The second-order valence-electron chi connectivity index (χ2n) is 6.83. The van der Waals surface area contributed by atoms with E-state index in [1.807, 2.05) is 11.8 Å². The summed E-state index contributed by atoms with van der Waals surface area (Å²) in [5, 5.41) is 3.49. The lowest BCUT2D eigenvalue weighted by atomic mass is 9.88. The minimum Gasteiger partial charge on any atom is -0.376 e. The van der Waals surface area contributed by atoms with Crippen molar-refractivity contribution in [3.63, 3.8) is 0 Å². The topological polar surface area (TPSA) is 41.6 Å². The highest BCUT2D eigenvalue weighted by Crippen LogP contribution is 2.29. The van der Waals surface area contributed by atoms with Crippen molar-refractivity contribution in [2.45, 2.75) is 63.1 Å². The average Bonchev–Trinajstić information content (AvgIpc) is 3.18. The number of carbonyl (C=O) groups is 1. The van der Waals surface area contributed by atoms with E-state index >= 15 is 0 Å². The molecule has 0 aromatic carbocycles. The Balaban J connectivity index is 1.71. The number of nitrogens with one attached hydrogen (secondary N) is 1. The Morgan fingerprint density at radius 2 is 2.29 bits per heavy atom. The molecule has 1 N–H and O–H groups in total.